The Kier molecular flexibility index (Phi) is 6.58. The lowest BCUT2D eigenvalue weighted by Crippen LogP contribution is -2.38. The summed E-state index contributed by atoms with van der Waals surface area (Å²) in [7, 11) is 0. The van der Waals surface area contributed by atoms with Crippen LogP contribution in [-0.4, -0.2) is 37.8 Å². The van der Waals surface area contributed by atoms with E-state index in [1.54, 1.807) is 23.5 Å². The normalized spacial score (nSPS) is 15.3. The maximum atomic E-state index is 6.12. The van der Waals surface area contributed by atoms with Crippen LogP contribution in [0, 0.1) is 5.92 Å². The van der Waals surface area contributed by atoms with Crippen LogP contribution in [0.2, 0.25) is 10.0 Å². The number of rotatable bonds is 7. The van der Waals surface area contributed by atoms with E-state index in [0.717, 1.165) is 36.8 Å². The number of nitrogens with one attached hydrogen (secondary N) is 1. The first kappa shape index (κ1) is 19.8. The number of benzene rings is 2. The fourth-order valence-corrected chi connectivity index (χ4v) is 5.00. The zero-order chi connectivity index (χ0) is 19.3. The van der Waals surface area contributed by atoms with Gasteiger partial charge in [0.1, 0.15) is 6.61 Å². The Balaban J connectivity index is 1.18. The van der Waals surface area contributed by atoms with Gasteiger partial charge in [-0.25, -0.2) is 4.98 Å². The third-order valence-corrected chi connectivity index (χ3v) is 6.74. The van der Waals surface area contributed by atoms with E-state index >= 15 is 0 Å². The van der Waals surface area contributed by atoms with Gasteiger partial charge in [0, 0.05) is 19.6 Å². The summed E-state index contributed by atoms with van der Waals surface area (Å²) < 4.78 is 6.98. The SMILES string of the molecule is Clc1cccc(Cl)c1OCCNCC1CCN(c2nc3ccccc3s2)CC1. The number of aromatic nitrogens is 1. The van der Waals surface area contributed by atoms with E-state index in [1.807, 2.05) is 12.1 Å². The molecule has 1 fully saturated rings. The van der Waals surface area contributed by atoms with Crippen LogP contribution in [0.1, 0.15) is 12.8 Å². The van der Waals surface area contributed by atoms with Crippen LogP contribution in [0.4, 0.5) is 5.13 Å². The highest BCUT2D eigenvalue weighted by Crippen LogP contribution is 2.32. The second-order valence-corrected chi connectivity index (χ2v) is 8.82. The first-order valence-electron chi connectivity index (χ1n) is 9.59. The molecule has 28 heavy (non-hydrogen) atoms. The van der Waals surface area contributed by atoms with E-state index in [-0.39, 0.29) is 0 Å². The van der Waals surface area contributed by atoms with Gasteiger partial charge in [0.25, 0.3) is 0 Å². The Labute approximate surface area is 179 Å². The summed E-state index contributed by atoms with van der Waals surface area (Å²) >= 11 is 14.0. The van der Waals surface area contributed by atoms with E-state index in [9.17, 15) is 0 Å². The standard InChI is InChI=1S/C21H23Cl2N3OS/c22-16-4-3-5-17(23)20(16)27-13-10-24-14-15-8-11-26(12-9-15)21-25-18-6-1-2-7-19(18)28-21/h1-7,15,24H,8-14H2. The minimum absolute atomic E-state index is 0.550. The van der Waals surface area contributed by atoms with Crippen molar-refractivity contribution in [2.24, 2.45) is 5.92 Å². The number of thiazole rings is 1. The molecule has 4 rings (SSSR count). The molecule has 0 amide bonds. The van der Waals surface area contributed by atoms with Crippen molar-refractivity contribution < 1.29 is 4.74 Å². The molecule has 0 bridgehead atoms. The van der Waals surface area contributed by atoms with Crippen LogP contribution < -0.4 is 15.0 Å². The molecule has 1 aliphatic rings. The van der Waals surface area contributed by atoms with E-state index in [1.165, 1.54) is 17.5 Å². The molecule has 2 aromatic carbocycles. The first-order chi connectivity index (χ1) is 13.7. The molecule has 4 nitrogen and oxygen atoms in total. The molecule has 7 heteroatoms. The molecule has 0 unspecified atom stereocenters. The summed E-state index contributed by atoms with van der Waals surface area (Å²) in [6.45, 7) is 4.47. The van der Waals surface area contributed by atoms with Crippen molar-refractivity contribution in [3.63, 3.8) is 0 Å². The van der Waals surface area contributed by atoms with Gasteiger partial charge >= 0.3 is 0 Å². The van der Waals surface area contributed by atoms with Crippen molar-refractivity contribution in [3.05, 3.63) is 52.5 Å². The lowest BCUT2D eigenvalue weighted by atomic mass is 9.97. The van der Waals surface area contributed by atoms with E-state index in [2.05, 4.69) is 28.4 Å². The Morgan fingerprint density at radius 3 is 2.57 bits per heavy atom. The molecule has 3 aromatic rings. The van der Waals surface area contributed by atoms with Crippen LogP contribution in [0.25, 0.3) is 10.2 Å². The van der Waals surface area contributed by atoms with E-state index in [4.69, 9.17) is 32.9 Å². The number of anilines is 1. The highest BCUT2D eigenvalue weighted by Gasteiger charge is 2.21. The molecule has 1 aromatic heterocycles. The molecule has 0 radical (unpaired) electrons. The lowest BCUT2D eigenvalue weighted by Gasteiger charge is -2.31. The van der Waals surface area contributed by atoms with Gasteiger partial charge in [-0.2, -0.15) is 0 Å². The summed E-state index contributed by atoms with van der Waals surface area (Å²) in [6, 6.07) is 13.7. The average Bonchev–Trinajstić information content (AvgIpc) is 3.14. The van der Waals surface area contributed by atoms with E-state index < -0.39 is 0 Å². The van der Waals surface area contributed by atoms with Crippen molar-refractivity contribution in [1.29, 1.82) is 0 Å². The van der Waals surface area contributed by atoms with Gasteiger partial charge < -0.3 is 15.0 Å². The van der Waals surface area contributed by atoms with Crippen LogP contribution in [0.3, 0.4) is 0 Å². The minimum atomic E-state index is 0.550. The van der Waals surface area contributed by atoms with Crippen molar-refractivity contribution in [2.75, 3.05) is 37.7 Å². The van der Waals surface area contributed by atoms with E-state index in [0.29, 0.717) is 28.3 Å². The molecule has 0 spiro atoms. The minimum Gasteiger partial charge on any atom is -0.489 e. The zero-order valence-corrected chi connectivity index (χ0v) is 17.9. The highest BCUT2D eigenvalue weighted by atomic mass is 35.5. The van der Waals surface area contributed by atoms with Crippen molar-refractivity contribution in [2.45, 2.75) is 12.8 Å². The van der Waals surface area contributed by atoms with Crippen molar-refractivity contribution in [1.82, 2.24) is 10.3 Å². The van der Waals surface area contributed by atoms with Crippen LogP contribution in [-0.2, 0) is 0 Å². The summed E-state index contributed by atoms with van der Waals surface area (Å²) in [5.74, 6) is 1.26. The molecule has 0 aliphatic carbocycles. The van der Waals surface area contributed by atoms with Gasteiger partial charge in [-0.1, -0.05) is 52.7 Å². The Hall–Kier alpha value is -1.53. The van der Waals surface area contributed by atoms with Gasteiger partial charge in [0.15, 0.2) is 10.9 Å². The number of fused-ring (bicyclic) bond motifs is 1. The predicted molar refractivity (Wildman–Crippen MR) is 119 cm³/mol. The van der Waals surface area contributed by atoms with Crippen LogP contribution >= 0.6 is 34.5 Å². The number of piperidine rings is 1. The predicted octanol–water partition coefficient (Wildman–Crippen LogP) is 5.49. The molecule has 1 N–H and O–H groups in total. The second-order valence-electron chi connectivity index (χ2n) is 7.00. The van der Waals surface area contributed by atoms with Crippen molar-refractivity contribution >= 4 is 49.9 Å². The summed E-state index contributed by atoms with van der Waals surface area (Å²) in [4.78, 5) is 7.20. The molecule has 0 saturated carbocycles. The number of halogens is 2. The topological polar surface area (TPSA) is 37.4 Å². The third-order valence-electron chi connectivity index (χ3n) is 5.04. The quantitative estimate of drug-likeness (QED) is 0.497. The van der Waals surface area contributed by atoms with Crippen LogP contribution in [0.15, 0.2) is 42.5 Å². The zero-order valence-electron chi connectivity index (χ0n) is 15.5. The Bertz CT molecular complexity index is 872. The average molecular weight is 436 g/mol. The van der Waals surface area contributed by atoms with Gasteiger partial charge in [-0.15, -0.1) is 0 Å². The van der Waals surface area contributed by atoms with Gasteiger partial charge in [0.2, 0.25) is 0 Å². The molecular formula is C21H23Cl2N3OS. The second kappa shape index (κ2) is 9.31. The number of ether oxygens (including phenoxy) is 1. The molecular weight excluding hydrogens is 413 g/mol. The monoisotopic (exact) mass is 435 g/mol. The number of nitrogens with zero attached hydrogens (tertiary/aromatic N) is 2. The number of para-hydroxylation sites is 2. The van der Waals surface area contributed by atoms with Crippen molar-refractivity contribution in [3.8, 4) is 5.75 Å². The Morgan fingerprint density at radius 2 is 1.82 bits per heavy atom. The molecule has 148 valence electrons. The highest BCUT2D eigenvalue weighted by molar-refractivity contribution is 7.22. The largest absolute Gasteiger partial charge is 0.489 e. The first-order valence-corrected chi connectivity index (χ1v) is 11.2. The van der Waals surface area contributed by atoms with Gasteiger partial charge in [0.05, 0.1) is 20.3 Å². The molecule has 0 atom stereocenters. The van der Waals surface area contributed by atoms with Gasteiger partial charge in [-0.05, 0) is 49.6 Å². The number of hydrogen-bond donors (Lipinski definition) is 1. The smallest absolute Gasteiger partial charge is 0.186 e. The Morgan fingerprint density at radius 1 is 1.07 bits per heavy atom. The number of hydrogen-bond acceptors (Lipinski definition) is 5. The summed E-state index contributed by atoms with van der Waals surface area (Å²) in [6.07, 6.45) is 2.36. The summed E-state index contributed by atoms with van der Waals surface area (Å²) in [5.41, 5.74) is 1.10. The molecule has 1 saturated heterocycles. The fourth-order valence-electron chi connectivity index (χ4n) is 3.48. The third kappa shape index (κ3) is 4.71. The maximum Gasteiger partial charge on any atom is 0.186 e. The lowest BCUT2D eigenvalue weighted by molar-refractivity contribution is 0.302. The van der Waals surface area contributed by atoms with Crippen LogP contribution in [0.5, 0.6) is 5.75 Å². The molecule has 2 heterocycles. The van der Waals surface area contributed by atoms with Gasteiger partial charge in [-0.3, -0.25) is 0 Å². The summed E-state index contributed by atoms with van der Waals surface area (Å²) in [5, 5.41) is 5.75. The fraction of sp³-hybridized carbons (Fsp3) is 0.381. The molecule has 1 aliphatic heterocycles. The maximum absolute atomic E-state index is 6.12.